The molecular weight excluding hydrogens is 247 g/mol. The quantitative estimate of drug-likeness (QED) is 0.235. The summed E-state index contributed by atoms with van der Waals surface area (Å²) in [4.78, 5) is 0. The first kappa shape index (κ1) is 19.4. The lowest BCUT2D eigenvalue weighted by Crippen LogP contribution is -2.20. The molecule has 0 aromatic carbocycles. The van der Waals surface area contributed by atoms with Crippen LogP contribution in [0.15, 0.2) is 0 Å². The van der Waals surface area contributed by atoms with Gasteiger partial charge >= 0.3 is 0 Å². The predicted octanol–water partition coefficient (Wildman–Crippen LogP) is 7.12. The molecule has 0 heterocycles. The lowest BCUT2D eigenvalue weighted by Gasteiger charge is -2.29. The standard InChI is InChI=1S/C18H39P/c1-4-7-9-11-13-16-18(19,15-6-3)17-14-12-10-8-5-2/h4-17,19H2,1-3H3. The van der Waals surface area contributed by atoms with E-state index in [1.807, 2.05) is 0 Å². The molecule has 0 aromatic rings. The molecule has 0 saturated carbocycles. The number of rotatable bonds is 14. The van der Waals surface area contributed by atoms with Crippen LogP contribution in [-0.2, 0) is 0 Å². The minimum Gasteiger partial charge on any atom is -0.131 e. The van der Waals surface area contributed by atoms with Crippen molar-refractivity contribution in [3.05, 3.63) is 0 Å². The summed E-state index contributed by atoms with van der Waals surface area (Å²) in [6.07, 6.45) is 19.8. The van der Waals surface area contributed by atoms with Crippen LogP contribution in [0.25, 0.3) is 0 Å². The number of hydrogen-bond acceptors (Lipinski definition) is 0. The van der Waals surface area contributed by atoms with Crippen molar-refractivity contribution < 1.29 is 0 Å². The minimum atomic E-state index is 0.563. The van der Waals surface area contributed by atoms with Gasteiger partial charge in [-0.1, -0.05) is 91.4 Å². The van der Waals surface area contributed by atoms with Gasteiger partial charge in [0, 0.05) is 0 Å². The third-order valence-electron chi connectivity index (χ3n) is 4.30. The smallest absolute Gasteiger partial charge is 0.0150 e. The Bertz CT molecular complexity index is 163. The molecule has 19 heavy (non-hydrogen) atoms. The fraction of sp³-hybridized carbons (Fsp3) is 1.00. The normalized spacial score (nSPS) is 12.0. The molecule has 0 nitrogen and oxygen atoms in total. The van der Waals surface area contributed by atoms with Gasteiger partial charge in [-0.15, -0.1) is 9.24 Å². The van der Waals surface area contributed by atoms with Crippen LogP contribution >= 0.6 is 9.24 Å². The van der Waals surface area contributed by atoms with E-state index in [4.69, 9.17) is 0 Å². The van der Waals surface area contributed by atoms with Gasteiger partial charge in [-0.2, -0.15) is 0 Å². The van der Waals surface area contributed by atoms with E-state index in [-0.39, 0.29) is 0 Å². The molecule has 0 aliphatic heterocycles. The van der Waals surface area contributed by atoms with Crippen molar-refractivity contribution in [2.45, 2.75) is 116 Å². The van der Waals surface area contributed by atoms with Crippen LogP contribution in [-0.4, -0.2) is 5.16 Å². The molecule has 0 amide bonds. The zero-order valence-corrected chi connectivity index (χ0v) is 15.1. The molecular formula is C18H39P. The van der Waals surface area contributed by atoms with Crippen molar-refractivity contribution in [3.63, 3.8) is 0 Å². The van der Waals surface area contributed by atoms with E-state index in [1.165, 1.54) is 89.9 Å². The average Bonchev–Trinajstić information content (AvgIpc) is 2.39. The highest BCUT2D eigenvalue weighted by Crippen LogP contribution is 2.36. The maximum Gasteiger partial charge on any atom is -0.0150 e. The van der Waals surface area contributed by atoms with Gasteiger partial charge in [-0.3, -0.25) is 0 Å². The minimum absolute atomic E-state index is 0.563. The summed E-state index contributed by atoms with van der Waals surface area (Å²) >= 11 is 0. The molecule has 0 aromatic heterocycles. The van der Waals surface area contributed by atoms with Gasteiger partial charge in [0.05, 0.1) is 0 Å². The Labute approximate surface area is 125 Å². The molecule has 1 heteroatoms. The SMILES string of the molecule is CCCCCCCC(P)(CCC)CCCCCCC. The summed E-state index contributed by atoms with van der Waals surface area (Å²) < 4.78 is 0. The van der Waals surface area contributed by atoms with Crippen molar-refractivity contribution in [2.24, 2.45) is 0 Å². The molecule has 0 rings (SSSR count). The van der Waals surface area contributed by atoms with E-state index >= 15 is 0 Å². The summed E-state index contributed by atoms with van der Waals surface area (Å²) in [5, 5.41) is 0.563. The molecule has 0 aliphatic carbocycles. The molecule has 0 saturated heterocycles. The summed E-state index contributed by atoms with van der Waals surface area (Å²) in [5.41, 5.74) is 0. The summed E-state index contributed by atoms with van der Waals surface area (Å²) in [5.74, 6) is 0. The summed E-state index contributed by atoms with van der Waals surface area (Å²) in [6, 6.07) is 0. The molecule has 116 valence electrons. The molecule has 0 spiro atoms. The van der Waals surface area contributed by atoms with Crippen molar-refractivity contribution in [2.75, 3.05) is 0 Å². The maximum atomic E-state index is 3.23. The van der Waals surface area contributed by atoms with Crippen molar-refractivity contribution in [3.8, 4) is 0 Å². The first-order valence-electron chi connectivity index (χ1n) is 8.97. The van der Waals surface area contributed by atoms with E-state index in [9.17, 15) is 0 Å². The van der Waals surface area contributed by atoms with Crippen LogP contribution in [0.3, 0.4) is 0 Å². The predicted molar refractivity (Wildman–Crippen MR) is 94.1 cm³/mol. The van der Waals surface area contributed by atoms with Crippen LogP contribution in [0.2, 0.25) is 0 Å². The molecule has 0 fully saturated rings. The van der Waals surface area contributed by atoms with E-state index < -0.39 is 0 Å². The number of hydrogen-bond donors (Lipinski definition) is 0. The highest BCUT2D eigenvalue weighted by Gasteiger charge is 2.22. The molecule has 1 unspecified atom stereocenters. The van der Waals surface area contributed by atoms with Gasteiger partial charge < -0.3 is 0 Å². The first-order valence-corrected chi connectivity index (χ1v) is 9.55. The Morgan fingerprint density at radius 1 is 0.526 bits per heavy atom. The van der Waals surface area contributed by atoms with Crippen molar-refractivity contribution in [1.82, 2.24) is 0 Å². The molecule has 0 aliphatic rings. The van der Waals surface area contributed by atoms with E-state index in [1.54, 1.807) is 0 Å². The fourth-order valence-corrected chi connectivity index (χ4v) is 3.73. The summed E-state index contributed by atoms with van der Waals surface area (Å²) in [6.45, 7) is 6.94. The Kier molecular flexibility index (Phi) is 13.7. The van der Waals surface area contributed by atoms with Crippen LogP contribution in [0, 0.1) is 0 Å². The molecule has 0 radical (unpaired) electrons. The second-order valence-corrected chi connectivity index (χ2v) is 7.67. The van der Waals surface area contributed by atoms with Gasteiger partial charge in [-0.05, 0) is 24.4 Å². The third kappa shape index (κ3) is 11.9. The zero-order chi connectivity index (χ0) is 14.4. The van der Waals surface area contributed by atoms with Crippen LogP contribution in [0.4, 0.5) is 0 Å². The van der Waals surface area contributed by atoms with Gasteiger partial charge in [0.25, 0.3) is 0 Å². The van der Waals surface area contributed by atoms with Crippen molar-refractivity contribution in [1.29, 1.82) is 0 Å². The van der Waals surface area contributed by atoms with Gasteiger partial charge in [-0.25, -0.2) is 0 Å². The third-order valence-corrected chi connectivity index (χ3v) is 5.17. The Balaban J connectivity index is 3.76. The zero-order valence-electron chi connectivity index (χ0n) is 14.0. The molecule has 0 bridgehead atoms. The van der Waals surface area contributed by atoms with Crippen LogP contribution in [0.5, 0.6) is 0 Å². The van der Waals surface area contributed by atoms with Crippen molar-refractivity contribution >= 4 is 9.24 Å². The van der Waals surface area contributed by atoms with Crippen LogP contribution < -0.4 is 0 Å². The fourth-order valence-electron chi connectivity index (χ4n) is 3.03. The monoisotopic (exact) mass is 286 g/mol. The Morgan fingerprint density at radius 3 is 1.32 bits per heavy atom. The van der Waals surface area contributed by atoms with E-state index in [2.05, 4.69) is 30.0 Å². The van der Waals surface area contributed by atoms with Crippen LogP contribution in [0.1, 0.15) is 111 Å². The first-order chi connectivity index (χ1) is 9.18. The molecule has 1 atom stereocenters. The van der Waals surface area contributed by atoms with Gasteiger partial charge in [0.2, 0.25) is 0 Å². The van der Waals surface area contributed by atoms with E-state index in [0.717, 1.165) is 0 Å². The Morgan fingerprint density at radius 2 is 0.947 bits per heavy atom. The lowest BCUT2D eigenvalue weighted by atomic mass is 9.89. The Hall–Kier alpha value is 0.430. The average molecular weight is 286 g/mol. The largest absolute Gasteiger partial charge is 0.131 e. The van der Waals surface area contributed by atoms with Gasteiger partial charge in [0.1, 0.15) is 0 Å². The topological polar surface area (TPSA) is 0 Å². The highest BCUT2D eigenvalue weighted by molar-refractivity contribution is 7.19. The highest BCUT2D eigenvalue weighted by atomic mass is 31.0. The van der Waals surface area contributed by atoms with E-state index in [0.29, 0.717) is 5.16 Å². The lowest BCUT2D eigenvalue weighted by molar-refractivity contribution is 0.417. The molecule has 0 N–H and O–H groups in total. The maximum absolute atomic E-state index is 3.23. The number of unbranched alkanes of at least 4 members (excludes halogenated alkanes) is 8. The summed E-state index contributed by atoms with van der Waals surface area (Å²) in [7, 11) is 3.23. The van der Waals surface area contributed by atoms with Gasteiger partial charge in [0.15, 0.2) is 0 Å². The second-order valence-electron chi connectivity index (χ2n) is 6.44. The second kappa shape index (κ2) is 13.4.